The van der Waals surface area contributed by atoms with Gasteiger partial charge in [0.25, 0.3) is 0 Å². The first-order valence-electron chi connectivity index (χ1n) is 6.04. The van der Waals surface area contributed by atoms with Crippen molar-refractivity contribution in [1.82, 2.24) is 14.5 Å². The molecule has 0 spiro atoms. The molecule has 2 heterocycles. The lowest BCUT2D eigenvalue weighted by Crippen LogP contribution is -2.35. The molecule has 1 aliphatic heterocycles. The highest BCUT2D eigenvalue weighted by atomic mass is 32.2. The monoisotopic (exact) mass is 257 g/mol. The summed E-state index contributed by atoms with van der Waals surface area (Å²) in [5.41, 5.74) is 1.03. The van der Waals surface area contributed by atoms with Crippen LogP contribution >= 0.6 is 0 Å². The Hall–Kier alpha value is -0.880. The van der Waals surface area contributed by atoms with Gasteiger partial charge in [0.15, 0.2) is 0 Å². The highest BCUT2D eigenvalue weighted by Gasteiger charge is 2.35. The van der Waals surface area contributed by atoms with E-state index in [9.17, 15) is 8.42 Å². The van der Waals surface area contributed by atoms with E-state index in [2.05, 4.69) is 10.2 Å². The summed E-state index contributed by atoms with van der Waals surface area (Å²) >= 11 is 0. The van der Waals surface area contributed by atoms with Crippen LogP contribution in [0.1, 0.15) is 38.3 Å². The number of H-pyrrole nitrogens is 1. The number of hydrogen-bond donors (Lipinski definition) is 1. The Morgan fingerprint density at radius 2 is 2.41 bits per heavy atom. The molecule has 17 heavy (non-hydrogen) atoms. The average molecular weight is 257 g/mol. The van der Waals surface area contributed by atoms with E-state index in [1.54, 1.807) is 17.4 Å². The molecule has 5 nitrogen and oxygen atoms in total. The molecule has 2 rings (SSSR count). The largest absolute Gasteiger partial charge is 0.282 e. The van der Waals surface area contributed by atoms with Crippen molar-refractivity contribution in [3.05, 3.63) is 18.0 Å². The van der Waals surface area contributed by atoms with E-state index in [4.69, 9.17) is 0 Å². The van der Waals surface area contributed by atoms with E-state index in [1.807, 2.05) is 13.0 Å². The predicted molar refractivity (Wildman–Crippen MR) is 66.2 cm³/mol. The van der Waals surface area contributed by atoms with Gasteiger partial charge in [0, 0.05) is 30.9 Å². The van der Waals surface area contributed by atoms with E-state index in [1.165, 1.54) is 0 Å². The van der Waals surface area contributed by atoms with E-state index in [0.29, 0.717) is 19.5 Å². The second-order valence-corrected chi connectivity index (χ2v) is 6.97. The third kappa shape index (κ3) is 2.37. The summed E-state index contributed by atoms with van der Waals surface area (Å²) in [4.78, 5) is 0. The van der Waals surface area contributed by atoms with E-state index >= 15 is 0 Å². The van der Waals surface area contributed by atoms with Crippen molar-refractivity contribution < 1.29 is 8.42 Å². The molecular formula is C11H19N3O2S. The summed E-state index contributed by atoms with van der Waals surface area (Å²) in [5, 5.41) is 6.55. The molecule has 1 N–H and O–H groups in total. The molecule has 1 aliphatic rings. The summed E-state index contributed by atoms with van der Waals surface area (Å²) in [6.45, 7) is 4.88. The Bertz CT molecular complexity index is 455. The van der Waals surface area contributed by atoms with E-state index in [-0.39, 0.29) is 11.2 Å². The zero-order valence-corrected chi connectivity index (χ0v) is 11.1. The quantitative estimate of drug-likeness (QED) is 0.885. The first-order chi connectivity index (χ1) is 8.05. The van der Waals surface area contributed by atoms with Gasteiger partial charge in [-0.2, -0.15) is 5.10 Å². The Labute approximate surface area is 102 Å². The fourth-order valence-electron chi connectivity index (χ4n) is 2.17. The molecule has 1 fully saturated rings. The van der Waals surface area contributed by atoms with Crippen LogP contribution in [0.25, 0.3) is 0 Å². The maximum atomic E-state index is 12.2. The lowest BCUT2D eigenvalue weighted by Gasteiger charge is -2.20. The summed E-state index contributed by atoms with van der Waals surface area (Å²) in [5.74, 6) is 0.260. The van der Waals surface area contributed by atoms with Crippen molar-refractivity contribution in [3.8, 4) is 0 Å². The van der Waals surface area contributed by atoms with Crippen molar-refractivity contribution in [2.75, 3.05) is 13.1 Å². The maximum Gasteiger partial charge on any atom is 0.216 e. The molecule has 1 saturated heterocycles. The molecular weight excluding hydrogens is 238 g/mol. The summed E-state index contributed by atoms with van der Waals surface area (Å²) in [6.07, 6.45) is 3.24. The molecule has 96 valence electrons. The SMILES string of the molecule is CC[C@@H](C)S(=O)(=O)N1CC[C@@H](c2ccn[nH]2)C1. The van der Waals surface area contributed by atoms with Crippen LogP contribution in [0.4, 0.5) is 0 Å². The van der Waals surface area contributed by atoms with Crippen molar-refractivity contribution in [2.24, 2.45) is 0 Å². The molecule has 0 amide bonds. The lowest BCUT2D eigenvalue weighted by atomic mass is 10.1. The van der Waals surface area contributed by atoms with Crippen LogP contribution in [0.5, 0.6) is 0 Å². The number of nitrogens with one attached hydrogen (secondary N) is 1. The van der Waals surface area contributed by atoms with Crippen molar-refractivity contribution in [1.29, 1.82) is 0 Å². The number of sulfonamides is 1. The van der Waals surface area contributed by atoms with Gasteiger partial charge in [0.1, 0.15) is 0 Å². The fraction of sp³-hybridized carbons (Fsp3) is 0.727. The molecule has 0 aromatic carbocycles. The van der Waals surface area contributed by atoms with Crippen LogP contribution in [0, 0.1) is 0 Å². The predicted octanol–water partition coefficient (Wildman–Crippen LogP) is 1.33. The van der Waals surface area contributed by atoms with Crippen LogP contribution < -0.4 is 0 Å². The van der Waals surface area contributed by atoms with Gasteiger partial charge in [-0.3, -0.25) is 5.10 Å². The van der Waals surface area contributed by atoms with Gasteiger partial charge < -0.3 is 0 Å². The van der Waals surface area contributed by atoms with Gasteiger partial charge in [-0.15, -0.1) is 0 Å². The first-order valence-corrected chi connectivity index (χ1v) is 7.54. The minimum Gasteiger partial charge on any atom is -0.282 e. The molecule has 0 unspecified atom stereocenters. The Morgan fingerprint density at radius 1 is 1.65 bits per heavy atom. The van der Waals surface area contributed by atoms with Gasteiger partial charge in [0.05, 0.1) is 5.25 Å². The fourth-order valence-corrected chi connectivity index (χ4v) is 3.85. The van der Waals surface area contributed by atoms with Gasteiger partial charge in [-0.25, -0.2) is 12.7 Å². The number of nitrogens with zero attached hydrogens (tertiary/aromatic N) is 2. The molecule has 0 aliphatic carbocycles. The molecule has 0 radical (unpaired) electrons. The summed E-state index contributed by atoms with van der Waals surface area (Å²) in [6, 6.07) is 1.92. The second kappa shape index (κ2) is 4.78. The standard InChI is InChI=1S/C11H19N3O2S/c1-3-9(2)17(15,16)14-7-5-10(8-14)11-4-6-12-13-11/h4,6,9-10H,3,5,7-8H2,1-2H3,(H,12,13)/t9-,10-/m1/s1. The Morgan fingerprint density at radius 3 is 3.00 bits per heavy atom. The van der Waals surface area contributed by atoms with Crippen molar-refractivity contribution in [2.45, 2.75) is 37.9 Å². The van der Waals surface area contributed by atoms with Crippen LogP contribution in [0.15, 0.2) is 12.3 Å². The average Bonchev–Trinajstić information content (AvgIpc) is 2.97. The number of rotatable bonds is 4. The number of aromatic nitrogens is 2. The number of hydrogen-bond acceptors (Lipinski definition) is 3. The normalized spacial score (nSPS) is 24.0. The smallest absolute Gasteiger partial charge is 0.216 e. The van der Waals surface area contributed by atoms with E-state index in [0.717, 1.165) is 12.1 Å². The van der Waals surface area contributed by atoms with Crippen molar-refractivity contribution >= 4 is 10.0 Å². The molecule has 6 heteroatoms. The van der Waals surface area contributed by atoms with Gasteiger partial charge >= 0.3 is 0 Å². The topological polar surface area (TPSA) is 66.1 Å². The molecule has 1 aromatic heterocycles. The first kappa shape index (κ1) is 12.6. The molecule has 1 aromatic rings. The third-order valence-corrected chi connectivity index (χ3v) is 5.96. The Kier molecular flexibility index (Phi) is 3.53. The Balaban J connectivity index is 2.08. The lowest BCUT2D eigenvalue weighted by molar-refractivity contribution is 0.461. The second-order valence-electron chi connectivity index (χ2n) is 4.62. The highest BCUT2D eigenvalue weighted by Crippen LogP contribution is 2.28. The zero-order chi connectivity index (χ0) is 12.5. The third-order valence-electron chi connectivity index (χ3n) is 3.56. The number of aromatic amines is 1. The van der Waals surface area contributed by atoms with Crippen LogP contribution in [-0.2, 0) is 10.0 Å². The van der Waals surface area contributed by atoms with Gasteiger partial charge in [0.2, 0.25) is 10.0 Å². The minimum absolute atomic E-state index is 0.260. The van der Waals surface area contributed by atoms with E-state index < -0.39 is 10.0 Å². The summed E-state index contributed by atoms with van der Waals surface area (Å²) in [7, 11) is -3.11. The van der Waals surface area contributed by atoms with Crippen LogP contribution in [0.2, 0.25) is 0 Å². The van der Waals surface area contributed by atoms with Crippen molar-refractivity contribution in [3.63, 3.8) is 0 Å². The van der Waals surface area contributed by atoms with Gasteiger partial charge in [-0.1, -0.05) is 6.92 Å². The van der Waals surface area contributed by atoms with Gasteiger partial charge in [-0.05, 0) is 25.8 Å². The summed E-state index contributed by atoms with van der Waals surface area (Å²) < 4.78 is 26.0. The van der Waals surface area contributed by atoms with Crippen LogP contribution in [0.3, 0.4) is 0 Å². The molecule has 0 bridgehead atoms. The minimum atomic E-state index is -3.11. The molecule has 2 atom stereocenters. The maximum absolute atomic E-state index is 12.2. The highest BCUT2D eigenvalue weighted by molar-refractivity contribution is 7.89. The zero-order valence-electron chi connectivity index (χ0n) is 10.3. The van der Waals surface area contributed by atoms with Crippen LogP contribution in [-0.4, -0.2) is 41.3 Å². The molecule has 0 saturated carbocycles.